The van der Waals surface area contributed by atoms with E-state index in [2.05, 4.69) is 93.1 Å². The zero-order chi connectivity index (χ0) is 15.2. The molecule has 0 aliphatic carbocycles. The Hall–Kier alpha value is -0.0800. The van der Waals surface area contributed by atoms with Gasteiger partial charge in [-0.3, -0.25) is 9.80 Å². The summed E-state index contributed by atoms with van der Waals surface area (Å²) in [6.45, 7) is 23.1. The first-order chi connectivity index (χ1) is 7.56. The van der Waals surface area contributed by atoms with Crippen LogP contribution in [0.5, 0.6) is 0 Å². The molecule has 0 atom stereocenters. The van der Waals surface area contributed by atoms with Crippen LogP contribution in [0, 0.1) is 0 Å². The van der Waals surface area contributed by atoms with Gasteiger partial charge in [0, 0.05) is 22.2 Å². The maximum Gasteiger partial charge on any atom is 0.0333 e. The predicted octanol–water partition coefficient (Wildman–Crippen LogP) is 4.00. The fraction of sp³-hybridized carbons (Fsp3) is 1.00. The van der Waals surface area contributed by atoms with Crippen molar-refractivity contribution in [3.8, 4) is 0 Å². The second kappa shape index (κ2) is 4.79. The molecule has 0 aliphatic rings. The summed E-state index contributed by atoms with van der Waals surface area (Å²) in [5.41, 5.74) is 0.486. The van der Waals surface area contributed by atoms with Gasteiger partial charge in [0.2, 0.25) is 0 Å². The number of hydrogen-bond donors (Lipinski definition) is 0. The maximum atomic E-state index is 2.49. The highest BCUT2D eigenvalue weighted by Gasteiger charge is 2.48. The summed E-state index contributed by atoms with van der Waals surface area (Å²) < 4.78 is 0. The molecule has 0 bridgehead atoms. The Kier molecular flexibility index (Phi) is 4.77. The van der Waals surface area contributed by atoms with Crippen LogP contribution in [0.3, 0.4) is 0 Å². The highest BCUT2D eigenvalue weighted by Crippen LogP contribution is 2.38. The lowest BCUT2D eigenvalue weighted by Gasteiger charge is -2.59. The first-order valence-electron chi connectivity index (χ1n) is 7.04. The van der Waals surface area contributed by atoms with E-state index in [1.807, 2.05) is 0 Å². The molecule has 0 radical (unpaired) electrons. The van der Waals surface area contributed by atoms with E-state index in [1.165, 1.54) is 0 Å². The van der Waals surface area contributed by atoms with Crippen LogP contribution >= 0.6 is 0 Å². The van der Waals surface area contributed by atoms with Crippen LogP contribution in [-0.4, -0.2) is 46.1 Å². The zero-order valence-electron chi connectivity index (χ0n) is 14.9. The lowest BCUT2D eigenvalue weighted by atomic mass is 9.76. The van der Waals surface area contributed by atoms with Crippen molar-refractivity contribution in [2.45, 2.75) is 91.4 Å². The molecule has 0 aromatic rings. The SMILES string of the molecule is CN(C(C)(C)C)C(C)(C)C(C)(C)N(C)C(C)(C)C. The summed E-state index contributed by atoms with van der Waals surface area (Å²) >= 11 is 0. The van der Waals surface area contributed by atoms with E-state index in [4.69, 9.17) is 0 Å². The standard InChI is InChI=1S/C16H36N2/c1-13(2,3)17(11)15(7,8)16(9,10)18(12)14(4,5)6/h1-12H3. The molecule has 0 aliphatic heterocycles. The van der Waals surface area contributed by atoms with Crippen LogP contribution in [0.1, 0.15) is 69.2 Å². The molecule has 18 heavy (non-hydrogen) atoms. The van der Waals surface area contributed by atoms with E-state index in [0.717, 1.165) is 0 Å². The second-order valence-electron chi connectivity index (χ2n) is 8.58. The number of hydrogen-bond acceptors (Lipinski definition) is 2. The molecule has 0 N–H and O–H groups in total. The van der Waals surface area contributed by atoms with Crippen LogP contribution in [-0.2, 0) is 0 Å². The summed E-state index contributed by atoms with van der Waals surface area (Å²) in [6, 6.07) is 0. The van der Waals surface area contributed by atoms with E-state index in [1.54, 1.807) is 0 Å². The van der Waals surface area contributed by atoms with Gasteiger partial charge in [-0.15, -0.1) is 0 Å². The highest BCUT2D eigenvalue weighted by molar-refractivity contribution is 5.06. The van der Waals surface area contributed by atoms with Crippen molar-refractivity contribution in [2.24, 2.45) is 0 Å². The fourth-order valence-corrected chi connectivity index (χ4v) is 2.50. The number of nitrogens with zero attached hydrogens (tertiary/aromatic N) is 2. The van der Waals surface area contributed by atoms with Crippen LogP contribution in [0.4, 0.5) is 0 Å². The molecule has 2 heteroatoms. The Labute approximate surface area is 116 Å². The fourth-order valence-electron chi connectivity index (χ4n) is 2.50. The molecule has 110 valence electrons. The minimum Gasteiger partial charge on any atom is -0.295 e. The number of likely N-dealkylation sites (N-methyl/N-ethyl adjacent to an activating group) is 2. The molecule has 0 saturated heterocycles. The van der Waals surface area contributed by atoms with Crippen LogP contribution in [0.2, 0.25) is 0 Å². The zero-order valence-corrected chi connectivity index (χ0v) is 14.9. The smallest absolute Gasteiger partial charge is 0.0333 e. The molecular weight excluding hydrogens is 220 g/mol. The molecule has 0 unspecified atom stereocenters. The Morgan fingerprint density at radius 1 is 0.444 bits per heavy atom. The van der Waals surface area contributed by atoms with E-state index in [-0.39, 0.29) is 22.2 Å². The van der Waals surface area contributed by atoms with Gasteiger partial charge >= 0.3 is 0 Å². The summed E-state index contributed by atoms with van der Waals surface area (Å²) in [5.74, 6) is 0. The van der Waals surface area contributed by atoms with Crippen LogP contribution in [0.25, 0.3) is 0 Å². The minimum absolute atomic E-state index is 0.0767. The average molecular weight is 256 g/mol. The van der Waals surface area contributed by atoms with Crippen LogP contribution < -0.4 is 0 Å². The average Bonchev–Trinajstić information content (AvgIpc) is 2.12. The van der Waals surface area contributed by atoms with Gasteiger partial charge in [-0.05, 0) is 83.3 Å². The largest absolute Gasteiger partial charge is 0.295 e. The molecule has 0 saturated carbocycles. The van der Waals surface area contributed by atoms with E-state index < -0.39 is 0 Å². The Morgan fingerprint density at radius 3 is 0.722 bits per heavy atom. The summed E-state index contributed by atoms with van der Waals surface area (Å²) in [5, 5.41) is 0. The Balaban J connectivity index is 5.46. The third-order valence-corrected chi connectivity index (χ3v) is 5.19. The quantitative estimate of drug-likeness (QED) is 0.753. The van der Waals surface area contributed by atoms with Crippen molar-refractivity contribution >= 4 is 0 Å². The first kappa shape index (κ1) is 17.9. The van der Waals surface area contributed by atoms with Crippen molar-refractivity contribution in [3.05, 3.63) is 0 Å². The van der Waals surface area contributed by atoms with Crippen molar-refractivity contribution in [1.82, 2.24) is 9.80 Å². The number of rotatable bonds is 3. The molecule has 2 nitrogen and oxygen atoms in total. The molecule has 0 heterocycles. The molecular formula is C16H36N2. The third kappa shape index (κ3) is 3.27. The normalized spacial score (nSPS) is 15.7. The summed E-state index contributed by atoms with van der Waals surface area (Å²) in [4.78, 5) is 4.98. The van der Waals surface area contributed by atoms with Crippen molar-refractivity contribution < 1.29 is 0 Å². The van der Waals surface area contributed by atoms with Gasteiger partial charge in [-0.25, -0.2) is 0 Å². The van der Waals surface area contributed by atoms with Crippen LogP contribution in [0.15, 0.2) is 0 Å². The van der Waals surface area contributed by atoms with Crippen molar-refractivity contribution in [1.29, 1.82) is 0 Å². The summed E-state index contributed by atoms with van der Waals surface area (Å²) in [6.07, 6.45) is 0. The van der Waals surface area contributed by atoms with E-state index in [9.17, 15) is 0 Å². The van der Waals surface area contributed by atoms with Gasteiger partial charge in [-0.2, -0.15) is 0 Å². The topological polar surface area (TPSA) is 6.48 Å². The first-order valence-corrected chi connectivity index (χ1v) is 7.04. The molecule has 0 rings (SSSR count). The van der Waals surface area contributed by atoms with E-state index in [0.29, 0.717) is 0 Å². The van der Waals surface area contributed by atoms with Gasteiger partial charge in [-0.1, -0.05) is 0 Å². The van der Waals surface area contributed by atoms with Gasteiger partial charge in [0.1, 0.15) is 0 Å². The lowest BCUT2D eigenvalue weighted by Crippen LogP contribution is -2.69. The second-order valence-corrected chi connectivity index (χ2v) is 8.58. The summed E-state index contributed by atoms with van der Waals surface area (Å²) in [7, 11) is 4.47. The molecule has 0 aromatic carbocycles. The minimum atomic E-state index is 0.0767. The Morgan fingerprint density at radius 2 is 0.611 bits per heavy atom. The molecule has 0 aromatic heterocycles. The molecule has 0 fully saturated rings. The van der Waals surface area contributed by atoms with Gasteiger partial charge in [0.05, 0.1) is 0 Å². The maximum absolute atomic E-state index is 2.49. The van der Waals surface area contributed by atoms with E-state index >= 15 is 0 Å². The Bertz CT molecular complexity index is 246. The van der Waals surface area contributed by atoms with Gasteiger partial charge < -0.3 is 0 Å². The van der Waals surface area contributed by atoms with Crippen molar-refractivity contribution in [2.75, 3.05) is 14.1 Å². The van der Waals surface area contributed by atoms with Gasteiger partial charge in [0.25, 0.3) is 0 Å². The van der Waals surface area contributed by atoms with Crippen molar-refractivity contribution in [3.63, 3.8) is 0 Å². The molecule has 0 spiro atoms. The van der Waals surface area contributed by atoms with Gasteiger partial charge in [0.15, 0.2) is 0 Å². The monoisotopic (exact) mass is 256 g/mol. The highest BCUT2D eigenvalue weighted by atomic mass is 15.3. The molecule has 0 amide bonds. The lowest BCUT2D eigenvalue weighted by molar-refractivity contribution is -0.0802. The predicted molar refractivity (Wildman–Crippen MR) is 83.2 cm³/mol. The third-order valence-electron chi connectivity index (χ3n) is 5.19.